The van der Waals surface area contributed by atoms with Gasteiger partial charge in [-0.1, -0.05) is 18.1 Å². The van der Waals surface area contributed by atoms with Gasteiger partial charge in [0.05, 0.1) is 36.7 Å². The first-order chi connectivity index (χ1) is 16.8. The molecule has 3 atom stereocenters. The smallest absolute Gasteiger partial charge is 0.323 e. The van der Waals surface area contributed by atoms with Crippen molar-refractivity contribution in [2.75, 3.05) is 43.6 Å². The molecule has 0 bridgehead atoms. The van der Waals surface area contributed by atoms with Gasteiger partial charge in [0.1, 0.15) is 17.5 Å². The largest absolute Gasteiger partial charge is 0.486 e. The highest BCUT2D eigenvalue weighted by atomic mass is 32.2. The molecule has 198 valence electrons. The number of sulfonamides is 1. The van der Waals surface area contributed by atoms with Gasteiger partial charge in [-0.25, -0.2) is 17.5 Å². The van der Waals surface area contributed by atoms with Crippen molar-refractivity contribution >= 4 is 33.3 Å². The number of urea groups is 1. The Kier molecular flexibility index (Phi) is 8.26. The van der Waals surface area contributed by atoms with Gasteiger partial charge in [0.15, 0.2) is 11.5 Å². The van der Waals surface area contributed by atoms with Gasteiger partial charge in [0.2, 0.25) is 10.0 Å². The van der Waals surface area contributed by atoms with E-state index < -0.39 is 28.2 Å². The molecule has 2 heterocycles. The molecule has 0 aliphatic carbocycles. The number of carbonyl (C=O) groups is 2. The summed E-state index contributed by atoms with van der Waals surface area (Å²) >= 11 is 0. The fraction of sp³-hybridized carbons (Fsp3) is 0.522. The minimum atomic E-state index is -3.50. The molecule has 0 saturated carbocycles. The summed E-state index contributed by atoms with van der Waals surface area (Å²) < 4.78 is 36.7. The van der Waals surface area contributed by atoms with Gasteiger partial charge in [0, 0.05) is 19.5 Å². The van der Waals surface area contributed by atoms with E-state index in [2.05, 4.69) is 15.8 Å². The standard InChI is InChI=1S/C23H33N5O7S/c1-13-10-28(14(2)12-29)22(30)17-8-7-9-18(21(17)34-19(13)11-27(5)36(6,32)33)24-23(31)25-20-15(3)26-35-16(20)4/h7-9,13-14,19,29H,10-12H2,1-6H3,(H2,24,25,31)/t13-,14+,19-/m0/s1. The van der Waals surface area contributed by atoms with E-state index in [9.17, 15) is 23.1 Å². The first-order valence-corrected chi connectivity index (χ1v) is 13.3. The third-order valence-corrected chi connectivity index (χ3v) is 7.50. The van der Waals surface area contributed by atoms with Crippen LogP contribution in [0.3, 0.4) is 0 Å². The first kappa shape index (κ1) is 27.4. The zero-order valence-electron chi connectivity index (χ0n) is 21.2. The van der Waals surface area contributed by atoms with E-state index in [0.717, 1.165) is 6.26 Å². The van der Waals surface area contributed by atoms with Crippen LogP contribution in [0.4, 0.5) is 16.2 Å². The van der Waals surface area contributed by atoms with Crippen molar-refractivity contribution in [1.82, 2.24) is 14.4 Å². The van der Waals surface area contributed by atoms with E-state index >= 15 is 0 Å². The molecule has 2 aromatic rings. The van der Waals surface area contributed by atoms with Crippen LogP contribution < -0.4 is 15.4 Å². The van der Waals surface area contributed by atoms with Gasteiger partial charge < -0.3 is 29.9 Å². The number of aliphatic hydroxyl groups is 1. The number of para-hydroxylation sites is 1. The fourth-order valence-electron chi connectivity index (χ4n) is 3.88. The third kappa shape index (κ3) is 5.97. The number of nitrogens with one attached hydrogen (secondary N) is 2. The molecule has 0 radical (unpaired) electrons. The van der Waals surface area contributed by atoms with E-state index in [1.807, 2.05) is 6.92 Å². The second kappa shape index (κ2) is 10.8. The van der Waals surface area contributed by atoms with Crippen LogP contribution in [0.2, 0.25) is 0 Å². The van der Waals surface area contributed by atoms with Crippen LogP contribution in [0.25, 0.3) is 0 Å². The number of hydrogen-bond donors (Lipinski definition) is 3. The molecule has 36 heavy (non-hydrogen) atoms. The topological polar surface area (TPSA) is 154 Å². The van der Waals surface area contributed by atoms with Crippen molar-refractivity contribution in [3.05, 3.63) is 35.2 Å². The Hall–Kier alpha value is -3.16. The maximum Gasteiger partial charge on any atom is 0.323 e. The Balaban J connectivity index is 2.01. The SMILES string of the molecule is Cc1noc(C)c1NC(=O)Nc1cccc2c1O[C@@H](CN(C)S(C)(=O)=O)[C@@H](C)CN([C@H](C)CO)C2=O. The molecule has 1 aromatic carbocycles. The molecule has 3 amide bonds. The van der Waals surface area contributed by atoms with Gasteiger partial charge in [-0.2, -0.15) is 0 Å². The number of amides is 3. The Morgan fingerprint density at radius 1 is 1.33 bits per heavy atom. The zero-order valence-corrected chi connectivity index (χ0v) is 22.0. The molecular weight excluding hydrogens is 490 g/mol. The lowest BCUT2D eigenvalue weighted by atomic mass is 9.99. The minimum Gasteiger partial charge on any atom is -0.486 e. The average molecular weight is 524 g/mol. The predicted molar refractivity (Wildman–Crippen MR) is 134 cm³/mol. The normalized spacial score (nSPS) is 19.2. The van der Waals surface area contributed by atoms with E-state index in [4.69, 9.17) is 9.26 Å². The second-order valence-corrected chi connectivity index (χ2v) is 11.2. The highest BCUT2D eigenvalue weighted by Gasteiger charge is 2.35. The number of ether oxygens (including phenoxy) is 1. The Labute approximate surface area is 210 Å². The molecule has 1 aromatic heterocycles. The zero-order chi connectivity index (χ0) is 26.8. The van der Waals surface area contributed by atoms with Gasteiger partial charge in [-0.15, -0.1) is 0 Å². The summed E-state index contributed by atoms with van der Waals surface area (Å²) in [6.07, 6.45) is 0.447. The van der Waals surface area contributed by atoms with Crippen LogP contribution in [0.15, 0.2) is 22.7 Å². The molecule has 0 unspecified atom stereocenters. The number of likely N-dealkylation sites (N-methyl/N-ethyl adjacent to an activating group) is 1. The molecular formula is C23H33N5O7S. The molecule has 3 rings (SSSR count). The summed E-state index contributed by atoms with van der Waals surface area (Å²) in [4.78, 5) is 27.8. The van der Waals surface area contributed by atoms with Crippen LogP contribution in [0, 0.1) is 19.8 Å². The Morgan fingerprint density at radius 2 is 2.03 bits per heavy atom. The number of carbonyl (C=O) groups excluding carboxylic acids is 2. The molecule has 12 nitrogen and oxygen atoms in total. The number of fused-ring (bicyclic) bond motifs is 1. The third-order valence-electron chi connectivity index (χ3n) is 6.21. The quantitative estimate of drug-likeness (QED) is 0.498. The summed E-state index contributed by atoms with van der Waals surface area (Å²) in [6.45, 7) is 6.94. The van der Waals surface area contributed by atoms with Crippen molar-refractivity contribution in [1.29, 1.82) is 0 Å². The fourth-order valence-corrected chi connectivity index (χ4v) is 4.29. The number of benzene rings is 1. The Bertz CT molecular complexity index is 1210. The summed E-state index contributed by atoms with van der Waals surface area (Å²) in [7, 11) is -2.05. The number of rotatable bonds is 7. The van der Waals surface area contributed by atoms with Crippen molar-refractivity contribution in [3.63, 3.8) is 0 Å². The van der Waals surface area contributed by atoms with Gasteiger partial charge in [-0.3, -0.25) is 4.79 Å². The van der Waals surface area contributed by atoms with Gasteiger partial charge in [-0.05, 0) is 32.9 Å². The number of anilines is 2. The number of nitrogens with zero attached hydrogens (tertiary/aromatic N) is 3. The summed E-state index contributed by atoms with van der Waals surface area (Å²) in [5.41, 5.74) is 1.34. The van der Waals surface area contributed by atoms with Gasteiger partial charge in [0.25, 0.3) is 5.91 Å². The van der Waals surface area contributed by atoms with E-state index in [1.165, 1.54) is 16.3 Å². The second-order valence-electron chi connectivity index (χ2n) is 9.13. The highest BCUT2D eigenvalue weighted by Crippen LogP contribution is 2.35. The molecule has 3 N–H and O–H groups in total. The lowest BCUT2D eigenvalue weighted by Gasteiger charge is -2.38. The van der Waals surface area contributed by atoms with E-state index in [-0.39, 0.29) is 48.5 Å². The minimum absolute atomic E-state index is 0.0224. The number of aliphatic hydroxyl groups excluding tert-OH is 1. The van der Waals surface area contributed by atoms with Crippen molar-refractivity contribution < 1.29 is 32.4 Å². The molecule has 13 heteroatoms. The van der Waals surface area contributed by atoms with Crippen LogP contribution in [-0.4, -0.2) is 85.0 Å². The summed E-state index contributed by atoms with van der Waals surface area (Å²) in [5, 5.41) is 19.0. The van der Waals surface area contributed by atoms with Crippen LogP contribution >= 0.6 is 0 Å². The van der Waals surface area contributed by atoms with Crippen LogP contribution in [0.1, 0.15) is 35.7 Å². The summed E-state index contributed by atoms with van der Waals surface area (Å²) in [6, 6.07) is 3.67. The van der Waals surface area contributed by atoms with E-state index in [0.29, 0.717) is 17.1 Å². The first-order valence-electron chi connectivity index (χ1n) is 11.5. The lowest BCUT2D eigenvalue weighted by Crippen LogP contribution is -2.50. The van der Waals surface area contributed by atoms with Crippen molar-refractivity contribution in [2.24, 2.45) is 5.92 Å². The molecule has 0 saturated heterocycles. The predicted octanol–water partition coefficient (Wildman–Crippen LogP) is 2.05. The monoisotopic (exact) mass is 523 g/mol. The van der Waals surface area contributed by atoms with Crippen LogP contribution in [-0.2, 0) is 10.0 Å². The number of hydrogen-bond acceptors (Lipinski definition) is 8. The number of aryl methyl sites for hydroxylation is 2. The van der Waals surface area contributed by atoms with Crippen molar-refractivity contribution in [3.8, 4) is 5.75 Å². The maximum absolute atomic E-state index is 13.5. The molecule has 0 fully saturated rings. The number of aromatic nitrogens is 1. The Morgan fingerprint density at radius 3 is 2.61 bits per heavy atom. The summed E-state index contributed by atoms with van der Waals surface area (Å²) in [5.74, 6) is -0.124. The molecule has 1 aliphatic heterocycles. The lowest BCUT2D eigenvalue weighted by molar-refractivity contribution is 0.0389. The molecule has 1 aliphatic rings. The van der Waals surface area contributed by atoms with Gasteiger partial charge >= 0.3 is 6.03 Å². The van der Waals surface area contributed by atoms with Crippen molar-refractivity contribution in [2.45, 2.75) is 39.8 Å². The average Bonchev–Trinajstić information content (AvgIpc) is 3.12. The van der Waals surface area contributed by atoms with Crippen LogP contribution in [0.5, 0.6) is 5.75 Å². The van der Waals surface area contributed by atoms with E-state index in [1.54, 1.807) is 39.0 Å². The molecule has 0 spiro atoms. The highest BCUT2D eigenvalue weighted by molar-refractivity contribution is 7.88. The maximum atomic E-state index is 13.5.